The van der Waals surface area contributed by atoms with Gasteiger partial charge in [0, 0.05) is 18.4 Å². The van der Waals surface area contributed by atoms with Crippen molar-refractivity contribution in [2.45, 2.75) is 44.5 Å². The molecule has 1 atom stereocenters. The maximum absolute atomic E-state index is 14.5. The van der Waals surface area contributed by atoms with Crippen LogP contribution in [0, 0.1) is 18.7 Å². The molecule has 6 nitrogen and oxygen atoms in total. The van der Waals surface area contributed by atoms with Gasteiger partial charge in [-0.1, -0.05) is 11.6 Å². The lowest BCUT2D eigenvalue weighted by atomic mass is 9.81. The Bertz CT molecular complexity index is 751. The summed E-state index contributed by atoms with van der Waals surface area (Å²) in [5.74, 6) is -1.38. The minimum atomic E-state index is -0.850. The van der Waals surface area contributed by atoms with Gasteiger partial charge in [0.25, 0.3) is 0 Å². The summed E-state index contributed by atoms with van der Waals surface area (Å²) in [6.07, 6.45) is 3.16. The van der Waals surface area contributed by atoms with Crippen LogP contribution in [0.15, 0.2) is 0 Å². The van der Waals surface area contributed by atoms with Gasteiger partial charge in [0.1, 0.15) is 23.3 Å². The van der Waals surface area contributed by atoms with Crippen molar-refractivity contribution in [3.8, 4) is 11.5 Å². The van der Waals surface area contributed by atoms with E-state index in [1.807, 2.05) is 0 Å². The number of halogens is 2. The van der Waals surface area contributed by atoms with Crippen LogP contribution >= 0.6 is 11.6 Å². The molecule has 2 heterocycles. The molecule has 1 saturated carbocycles. The Morgan fingerprint density at radius 1 is 1.22 bits per heavy atom. The van der Waals surface area contributed by atoms with Gasteiger partial charge in [-0.05, 0) is 25.7 Å². The number of ether oxygens (including phenoxy) is 5. The number of hydrogen-bond donors (Lipinski definition) is 0. The topological polar surface area (TPSA) is 63.2 Å². The van der Waals surface area contributed by atoms with Crippen molar-refractivity contribution in [2.24, 2.45) is 5.92 Å². The van der Waals surface area contributed by atoms with Crippen molar-refractivity contribution in [2.75, 3.05) is 26.9 Å². The smallest absolute Gasteiger partial charge is 0.341 e. The van der Waals surface area contributed by atoms with Crippen molar-refractivity contribution in [3.63, 3.8) is 0 Å². The normalized spacial score (nSPS) is 24.2. The van der Waals surface area contributed by atoms with Crippen LogP contribution < -0.4 is 9.47 Å². The van der Waals surface area contributed by atoms with Crippen molar-refractivity contribution >= 4 is 17.6 Å². The van der Waals surface area contributed by atoms with Crippen molar-refractivity contribution in [3.05, 3.63) is 22.0 Å². The second-order valence-corrected chi connectivity index (χ2v) is 7.57. The molecule has 0 amide bonds. The van der Waals surface area contributed by atoms with E-state index >= 15 is 0 Å². The monoisotopic (exact) mass is 400 g/mol. The van der Waals surface area contributed by atoms with Gasteiger partial charge in [0.2, 0.25) is 0 Å². The molecule has 1 aromatic carbocycles. The fraction of sp³-hybridized carbons (Fsp3) is 0.632. The number of methoxy groups -OCH3 is 1. The zero-order chi connectivity index (χ0) is 19.2. The van der Waals surface area contributed by atoms with Crippen LogP contribution in [0.2, 0.25) is 5.02 Å². The van der Waals surface area contributed by atoms with E-state index in [-0.39, 0.29) is 35.0 Å². The Kier molecular flexibility index (Phi) is 4.94. The van der Waals surface area contributed by atoms with Crippen LogP contribution in [0.5, 0.6) is 11.5 Å². The summed E-state index contributed by atoms with van der Waals surface area (Å²) in [5.41, 5.74) is 0.110. The van der Waals surface area contributed by atoms with Crippen LogP contribution in [0.4, 0.5) is 4.39 Å². The largest absolute Gasteiger partial charge is 0.484 e. The summed E-state index contributed by atoms with van der Waals surface area (Å²) < 4.78 is 42.6. The molecular formula is C19H22ClFO6. The Labute approximate surface area is 161 Å². The zero-order valence-corrected chi connectivity index (χ0v) is 16.1. The van der Waals surface area contributed by atoms with Crippen LogP contribution in [-0.2, 0) is 14.2 Å². The number of carbonyl (C=O) groups excluding carboxylic acids is 1. The highest BCUT2D eigenvalue weighted by molar-refractivity contribution is 6.33. The van der Waals surface area contributed by atoms with Gasteiger partial charge in [-0.15, -0.1) is 0 Å². The van der Waals surface area contributed by atoms with E-state index in [4.69, 9.17) is 30.5 Å². The van der Waals surface area contributed by atoms with E-state index in [0.717, 1.165) is 25.7 Å². The predicted molar refractivity (Wildman–Crippen MR) is 94.0 cm³/mol. The SMILES string of the molecule is COC(=O)c1c(C)c2c(c(Cl)c1F)OC[C@H](C1CCC3(CC1)OCCO3)O2. The zero-order valence-electron chi connectivity index (χ0n) is 15.3. The highest BCUT2D eigenvalue weighted by atomic mass is 35.5. The first kappa shape index (κ1) is 18.8. The van der Waals surface area contributed by atoms with E-state index in [0.29, 0.717) is 24.5 Å². The lowest BCUT2D eigenvalue weighted by molar-refractivity contribution is -0.187. The lowest BCUT2D eigenvalue weighted by Crippen LogP contribution is -2.43. The molecule has 0 N–H and O–H groups in total. The van der Waals surface area contributed by atoms with E-state index in [2.05, 4.69) is 4.74 Å². The molecule has 2 aliphatic heterocycles. The highest BCUT2D eigenvalue weighted by Gasteiger charge is 2.44. The summed E-state index contributed by atoms with van der Waals surface area (Å²) in [7, 11) is 1.19. The fourth-order valence-corrected chi connectivity index (χ4v) is 4.43. The Morgan fingerprint density at radius 2 is 1.89 bits per heavy atom. The first-order chi connectivity index (χ1) is 13.0. The Hall–Kier alpha value is -1.57. The van der Waals surface area contributed by atoms with Gasteiger partial charge >= 0.3 is 5.97 Å². The molecule has 1 aromatic rings. The first-order valence-electron chi connectivity index (χ1n) is 9.13. The lowest BCUT2D eigenvalue weighted by Gasteiger charge is -2.40. The summed E-state index contributed by atoms with van der Waals surface area (Å²) >= 11 is 6.08. The number of rotatable bonds is 2. The molecule has 2 fully saturated rings. The average molecular weight is 401 g/mol. The third-order valence-electron chi connectivity index (χ3n) is 5.72. The number of carbonyl (C=O) groups is 1. The van der Waals surface area contributed by atoms with Gasteiger partial charge < -0.3 is 23.7 Å². The molecule has 0 radical (unpaired) electrons. The maximum atomic E-state index is 14.5. The quantitative estimate of drug-likeness (QED) is 0.706. The Morgan fingerprint density at radius 3 is 2.52 bits per heavy atom. The van der Waals surface area contributed by atoms with E-state index in [9.17, 15) is 9.18 Å². The summed E-state index contributed by atoms with van der Waals surface area (Å²) in [6.45, 7) is 3.16. The molecule has 148 valence electrons. The third kappa shape index (κ3) is 3.15. The standard InChI is InChI=1S/C19H22ClFO6/c1-10-13(18(22)23-2)15(21)14(20)17-16(10)27-12(9-24-17)11-3-5-19(6-4-11)25-7-8-26-19/h11-12H,3-9H2,1-2H3/t12-/m1/s1. The summed E-state index contributed by atoms with van der Waals surface area (Å²) in [4.78, 5) is 12.0. The molecule has 0 bridgehead atoms. The molecule has 8 heteroatoms. The molecule has 1 spiro atoms. The van der Waals surface area contributed by atoms with Gasteiger partial charge in [0.05, 0.1) is 20.3 Å². The van der Waals surface area contributed by atoms with Gasteiger partial charge in [-0.2, -0.15) is 0 Å². The number of esters is 1. The van der Waals surface area contributed by atoms with Crippen molar-refractivity contribution in [1.29, 1.82) is 0 Å². The number of fused-ring (bicyclic) bond motifs is 1. The number of hydrogen-bond acceptors (Lipinski definition) is 6. The molecule has 4 rings (SSSR count). The molecule has 0 unspecified atom stereocenters. The van der Waals surface area contributed by atoms with E-state index in [1.165, 1.54) is 7.11 Å². The summed E-state index contributed by atoms with van der Waals surface area (Å²) in [6, 6.07) is 0. The molecule has 3 aliphatic rings. The fourth-order valence-electron chi connectivity index (χ4n) is 4.19. The van der Waals surface area contributed by atoms with Crippen LogP contribution in [0.25, 0.3) is 0 Å². The molecular weight excluding hydrogens is 379 g/mol. The van der Waals surface area contributed by atoms with Gasteiger partial charge in [0.15, 0.2) is 23.1 Å². The average Bonchev–Trinajstić information content (AvgIpc) is 3.14. The van der Waals surface area contributed by atoms with Crippen molar-refractivity contribution < 1.29 is 32.9 Å². The molecule has 1 aliphatic carbocycles. The van der Waals surface area contributed by atoms with Crippen LogP contribution in [0.3, 0.4) is 0 Å². The Balaban J connectivity index is 1.56. The first-order valence-corrected chi connectivity index (χ1v) is 9.51. The second-order valence-electron chi connectivity index (χ2n) is 7.19. The predicted octanol–water partition coefficient (Wildman–Crippen LogP) is 3.65. The molecule has 0 aromatic heterocycles. The molecule has 1 saturated heterocycles. The second kappa shape index (κ2) is 7.11. The van der Waals surface area contributed by atoms with Crippen LogP contribution in [0.1, 0.15) is 41.6 Å². The maximum Gasteiger partial charge on any atom is 0.341 e. The minimum Gasteiger partial charge on any atom is -0.484 e. The van der Waals surface area contributed by atoms with Gasteiger partial charge in [-0.3, -0.25) is 0 Å². The van der Waals surface area contributed by atoms with Crippen molar-refractivity contribution in [1.82, 2.24) is 0 Å². The highest BCUT2D eigenvalue weighted by Crippen LogP contribution is 2.47. The number of benzene rings is 1. The van der Waals surface area contributed by atoms with Crippen LogP contribution in [-0.4, -0.2) is 44.8 Å². The van der Waals surface area contributed by atoms with Gasteiger partial charge in [-0.25, -0.2) is 9.18 Å². The molecule has 27 heavy (non-hydrogen) atoms. The minimum absolute atomic E-state index is 0.144. The van der Waals surface area contributed by atoms with E-state index < -0.39 is 17.6 Å². The van der Waals surface area contributed by atoms with E-state index in [1.54, 1.807) is 6.92 Å². The third-order valence-corrected chi connectivity index (χ3v) is 6.05. The summed E-state index contributed by atoms with van der Waals surface area (Å²) in [5, 5.41) is -0.259.